The van der Waals surface area contributed by atoms with E-state index in [-0.39, 0.29) is 0 Å². The average Bonchev–Trinajstić information content (AvgIpc) is 2.29. The smallest absolute Gasteiger partial charge is 0.0148 e. The highest BCUT2D eigenvalue weighted by molar-refractivity contribution is 9.09. The van der Waals surface area contributed by atoms with Crippen LogP contribution in [0.1, 0.15) is 51.4 Å². The van der Waals surface area contributed by atoms with Crippen LogP contribution in [0.15, 0.2) is 0 Å². The van der Waals surface area contributed by atoms with Crippen LogP contribution in [0.4, 0.5) is 0 Å². The first-order valence-corrected chi connectivity index (χ1v) is 7.36. The van der Waals surface area contributed by atoms with Gasteiger partial charge in [0.2, 0.25) is 0 Å². The van der Waals surface area contributed by atoms with Crippen molar-refractivity contribution in [1.29, 1.82) is 5.41 Å². The molecule has 15 heavy (non-hydrogen) atoms. The fraction of sp³-hybridized carbons (Fsp3) is 0.923. The Labute approximate surface area is 102 Å². The van der Waals surface area contributed by atoms with Crippen LogP contribution >= 0.6 is 15.9 Å². The molecule has 0 radical (unpaired) electrons. The molecular formula is C13H22BrN. The third-order valence-corrected chi connectivity index (χ3v) is 5.14. The van der Waals surface area contributed by atoms with Gasteiger partial charge in [-0.1, -0.05) is 41.6 Å². The van der Waals surface area contributed by atoms with Crippen LogP contribution < -0.4 is 0 Å². The highest BCUT2D eigenvalue weighted by atomic mass is 79.9. The molecule has 86 valence electrons. The Morgan fingerprint density at radius 1 is 0.933 bits per heavy atom. The zero-order chi connectivity index (χ0) is 10.7. The summed E-state index contributed by atoms with van der Waals surface area (Å²) in [6, 6.07) is 0. The van der Waals surface area contributed by atoms with Gasteiger partial charge >= 0.3 is 0 Å². The Balaban J connectivity index is 1.88. The van der Waals surface area contributed by atoms with Crippen molar-refractivity contribution in [3.8, 4) is 0 Å². The molecule has 0 aromatic heterocycles. The fourth-order valence-corrected chi connectivity index (χ4v) is 4.24. The van der Waals surface area contributed by atoms with Crippen molar-refractivity contribution < 1.29 is 0 Å². The maximum absolute atomic E-state index is 7.41. The van der Waals surface area contributed by atoms with Gasteiger partial charge in [-0.15, -0.1) is 0 Å². The van der Waals surface area contributed by atoms with Gasteiger partial charge in [0.1, 0.15) is 0 Å². The number of alkyl halides is 1. The SMILES string of the molecule is N=CC1CCCC(C2CCCC(Br)C2)C1. The molecular weight excluding hydrogens is 250 g/mol. The van der Waals surface area contributed by atoms with E-state index in [0.717, 1.165) is 16.7 Å². The Morgan fingerprint density at radius 2 is 1.60 bits per heavy atom. The van der Waals surface area contributed by atoms with Gasteiger partial charge in [-0.25, -0.2) is 0 Å². The molecule has 0 amide bonds. The van der Waals surface area contributed by atoms with Crippen molar-refractivity contribution in [2.45, 2.75) is 56.2 Å². The summed E-state index contributed by atoms with van der Waals surface area (Å²) in [5, 5.41) is 7.41. The average molecular weight is 272 g/mol. The lowest BCUT2D eigenvalue weighted by molar-refractivity contribution is 0.185. The topological polar surface area (TPSA) is 23.9 Å². The molecule has 0 heterocycles. The van der Waals surface area contributed by atoms with E-state index < -0.39 is 0 Å². The third kappa shape index (κ3) is 3.05. The molecule has 2 fully saturated rings. The molecule has 2 aliphatic carbocycles. The second-order valence-corrected chi connectivity index (χ2v) is 6.67. The second-order valence-electron chi connectivity index (χ2n) is 5.38. The lowest BCUT2D eigenvalue weighted by Crippen LogP contribution is -2.27. The lowest BCUT2D eigenvalue weighted by atomic mass is 9.70. The monoisotopic (exact) mass is 271 g/mol. The highest BCUT2D eigenvalue weighted by Gasteiger charge is 2.30. The van der Waals surface area contributed by atoms with E-state index in [4.69, 9.17) is 5.41 Å². The van der Waals surface area contributed by atoms with E-state index in [1.54, 1.807) is 6.21 Å². The molecule has 0 aromatic rings. The lowest BCUT2D eigenvalue weighted by Gasteiger charge is -2.36. The summed E-state index contributed by atoms with van der Waals surface area (Å²) in [5.41, 5.74) is 0. The van der Waals surface area contributed by atoms with Crippen molar-refractivity contribution >= 4 is 22.1 Å². The number of hydrogen-bond acceptors (Lipinski definition) is 1. The zero-order valence-corrected chi connectivity index (χ0v) is 11.0. The van der Waals surface area contributed by atoms with E-state index in [9.17, 15) is 0 Å². The summed E-state index contributed by atoms with van der Waals surface area (Å²) in [7, 11) is 0. The van der Waals surface area contributed by atoms with Gasteiger partial charge in [-0.3, -0.25) is 0 Å². The maximum atomic E-state index is 7.41. The first kappa shape index (κ1) is 11.6. The third-order valence-electron chi connectivity index (χ3n) is 4.31. The summed E-state index contributed by atoms with van der Waals surface area (Å²) in [6.07, 6.45) is 12.7. The van der Waals surface area contributed by atoms with Crippen LogP contribution in [0, 0.1) is 23.2 Å². The van der Waals surface area contributed by atoms with Crippen LogP contribution in [0.5, 0.6) is 0 Å². The molecule has 0 bridgehead atoms. The molecule has 1 N–H and O–H groups in total. The molecule has 2 aliphatic rings. The van der Waals surface area contributed by atoms with Crippen LogP contribution in [0.2, 0.25) is 0 Å². The largest absolute Gasteiger partial charge is 0.313 e. The molecule has 0 aliphatic heterocycles. The molecule has 0 aromatic carbocycles. The zero-order valence-electron chi connectivity index (χ0n) is 9.42. The molecule has 0 spiro atoms. The Kier molecular flexibility index (Phi) is 4.24. The van der Waals surface area contributed by atoms with Gasteiger partial charge in [-0.05, 0) is 49.7 Å². The molecule has 4 atom stereocenters. The quantitative estimate of drug-likeness (QED) is 0.569. The summed E-state index contributed by atoms with van der Waals surface area (Å²) in [4.78, 5) is 0.775. The van der Waals surface area contributed by atoms with E-state index >= 15 is 0 Å². The molecule has 2 saturated carbocycles. The van der Waals surface area contributed by atoms with E-state index in [1.807, 2.05) is 0 Å². The van der Waals surface area contributed by atoms with Gasteiger partial charge in [0, 0.05) is 4.83 Å². The van der Waals surface area contributed by atoms with Gasteiger partial charge in [0.15, 0.2) is 0 Å². The second kappa shape index (κ2) is 5.47. The number of halogens is 1. The molecule has 2 rings (SSSR count). The molecule has 1 nitrogen and oxygen atoms in total. The Bertz CT molecular complexity index is 217. The van der Waals surface area contributed by atoms with Crippen molar-refractivity contribution in [2.75, 3.05) is 0 Å². The maximum Gasteiger partial charge on any atom is 0.0148 e. The van der Waals surface area contributed by atoms with Gasteiger partial charge in [-0.2, -0.15) is 0 Å². The van der Waals surface area contributed by atoms with E-state index in [2.05, 4.69) is 15.9 Å². The number of hydrogen-bond donors (Lipinski definition) is 1. The predicted molar refractivity (Wildman–Crippen MR) is 68.9 cm³/mol. The first-order valence-electron chi connectivity index (χ1n) is 6.44. The summed E-state index contributed by atoms with van der Waals surface area (Å²) in [6.45, 7) is 0. The molecule has 4 unspecified atom stereocenters. The van der Waals surface area contributed by atoms with Gasteiger partial charge < -0.3 is 5.41 Å². The van der Waals surface area contributed by atoms with Crippen LogP contribution in [-0.2, 0) is 0 Å². The van der Waals surface area contributed by atoms with Crippen molar-refractivity contribution in [3.63, 3.8) is 0 Å². The number of nitrogens with one attached hydrogen (secondary N) is 1. The van der Waals surface area contributed by atoms with Crippen molar-refractivity contribution in [3.05, 3.63) is 0 Å². The minimum Gasteiger partial charge on any atom is -0.313 e. The predicted octanol–water partition coefficient (Wildman–Crippen LogP) is 4.40. The summed E-state index contributed by atoms with van der Waals surface area (Å²) in [5.74, 6) is 2.47. The van der Waals surface area contributed by atoms with Crippen LogP contribution in [0.25, 0.3) is 0 Å². The standard InChI is InChI=1S/C13H22BrN/c14-13-6-2-5-12(8-13)11-4-1-3-10(7-11)9-15/h9-13,15H,1-8H2. The minimum absolute atomic E-state index is 0.597. The first-order chi connectivity index (χ1) is 7.29. The number of rotatable bonds is 2. The highest BCUT2D eigenvalue weighted by Crippen LogP contribution is 2.41. The Hall–Kier alpha value is 0.150. The fourth-order valence-electron chi connectivity index (χ4n) is 3.44. The normalized spacial score (nSPS) is 42.5. The molecule has 0 saturated heterocycles. The molecule has 2 heteroatoms. The summed E-state index contributed by atoms with van der Waals surface area (Å²) < 4.78 is 0. The van der Waals surface area contributed by atoms with Crippen molar-refractivity contribution in [2.24, 2.45) is 17.8 Å². The van der Waals surface area contributed by atoms with Crippen LogP contribution in [-0.4, -0.2) is 11.0 Å². The minimum atomic E-state index is 0.597. The van der Waals surface area contributed by atoms with E-state index in [0.29, 0.717) is 5.92 Å². The summed E-state index contributed by atoms with van der Waals surface area (Å²) >= 11 is 3.78. The van der Waals surface area contributed by atoms with Gasteiger partial charge in [0.05, 0.1) is 0 Å². The van der Waals surface area contributed by atoms with Crippen LogP contribution in [0.3, 0.4) is 0 Å². The van der Waals surface area contributed by atoms with Crippen molar-refractivity contribution in [1.82, 2.24) is 0 Å². The van der Waals surface area contributed by atoms with E-state index in [1.165, 1.54) is 51.4 Å². The van der Waals surface area contributed by atoms with Gasteiger partial charge in [0.25, 0.3) is 0 Å². The Morgan fingerprint density at radius 3 is 2.27 bits per heavy atom.